The number of fused-ring (bicyclic) bond motifs is 1. The summed E-state index contributed by atoms with van der Waals surface area (Å²) in [4.78, 5) is 0. The first-order chi connectivity index (χ1) is 10.4. The van der Waals surface area contributed by atoms with Gasteiger partial charge in [-0.15, -0.1) is 0 Å². The highest BCUT2D eigenvalue weighted by Crippen LogP contribution is 2.61. The molecule has 0 aromatic heterocycles. The third-order valence-electron chi connectivity index (χ3n) is 6.15. The zero-order chi connectivity index (χ0) is 15.7. The van der Waals surface area contributed by atoms with E-state index in [1.807, 2.05) is 19.9 Å². The van der Waals surface area contributed by atoms with Crippen LogP contribution in [-0.4, -0.2) is 45.7 Å². The molecule has 0 bridgehead atoms. The van der Waals surface area contributed by atoms with E-state index in [-0.39, 0.29) is 11.8 Å². The summed E-state index contributed by atoms with van der Waals surface area (Å²) >= 11 is 0. The van der Waals surface area contributed by atoms with Gasteiger partial charge < -0.3 is 25.4 Å². The Bertz CT molecular complexity index is 633. The lowest BCUT2D eigenvalue weighted by Gasteiger charge is -2.58. The van der Waals surface area contributed by atoms with Crippen molar-refractivity contribution in [3.05, 3.63) is 23.3 Å². The summed E-state index contributed by atoms with van der Waals surface area (Å²) in [5.41, 5.74) is 0.232. The lowest BCUT2D eigenvalue weighted by molar-refractivity contribution is -0.172. The van der Waals surface area contributed by atoms with Gasteiger partial charge in [-0.25, -0.2) is 0 Å². The molecule has 120 valence electrons. The molecule has 1 aromatic rings. The highest BCUT2D eigenvalue weighted by atomic mass is 16.5. The third-order valence-corrected chi connectivity index (χ3v) is 6.15. The molecule has 0 unspecified atom stereocenters. The second-order valence-electron chi connectivity index (χ2n) is 7.07. The van der Waals surface area contributed by atoms with E-state index in [4.69, 9.17) is 4.74 Å². The molecular formula is C17H23NO4. The molecule has 0 amide bonds. The van der Waals surface area contributed by atoms with Gasteiger partial charge in [-0.05, 0) is 51.3 Å². The third kappa shape index (κ3) is 1.44. The van der Waals surface area contributed by atoms with Crippen LogP contribution < -0.4 is 10.1 Å². The Morgan fingerprint density at radius 2 is 2.09 bits per heavy atom. The van der Waals surface area contributed by atoms with Gasteiger partial charge >= 0.3 is 0 Å². The van der Waals surface area contributed by atoms with E-state index in [1.165, 1.54) is 0 Å². The van der Waals surface area contributed by atoms with Gasteiger partial charge in [-0.2, -0.15) is 0 Å². The molecule has 5 heteroatoms. The van der Waals surface area contributed by atoms with E-state index >= 15 is 0 Å². The van der Waals surface area contributed by atoms with Gasteiger partial charge in [0.2, 0.25) is 0 Å². The predicted octanol–water partition coefficient (Wildman–Crippen LogP) is 0.967. The Hall–Kier alpha value is -1.30. The van der Waals surface area contributed by atoms with Crippen LogP contribution in [0.15, 0.2) is 12.1 Å². The first-order valence-corrected chi connectivity index (χ1v) is 8.05. The maximum Gasteiger partial charge on any atom is 0.165 e. The first-order valence-electron chi connectivity index (χ1n) is 8.05. The van der Waals surface area contributed by atoms with Crippen molar-refractivity contribution in [3.63, 3.8) is 0 Å². The topological polar surface area (TPSA) is 82.0 Å². The van der Waals surface area contributed by atoms with Crippen molar-refractivity contribution >= 4 is 0 Å². The van der Waals surface area contributed by atoms with Gasteiger partial charge in [0.15, 0.2) is 11.5 Å². The zero-order valence-electron chi connectivity index (χ0n) is 13.0. The summed E-state index contributed by atoms with van der Waals surface area (Å²) in [6, 6.07) is 3.40. The quantitative estimate of drug-likeness (QED) is 0.574. The molecule has 5 nitrogen and oxygen atoms in total. The number of hydrogen-bond acceptors (Lipinski definition) is 5. The molecule has 1 saturated heterocycles. The van der Waals surface area contributed by atoms with Crippen molar-refractivity contribution in [3.8, 4) is 11.5 Å². The average Bonchev–Trinajstić information content (AvgIpc) is 2.85. The fourth-order valence-corrected chi connectivity index (χ4v) is 5.07. The van der Waals surface area contributed by atoms with Crippen LogP contribution >= 0.6 is 0 Å². The number of hydrogen-bond donors (Lipinski definition) is 4. The van der Waals surface area contributed by atoms with E-state index in [0.29, 0.717) is 25.0 Å². The van der Waals surface area contributed by atoms with Crippen LogP contribution in [0.2, 0.25) is 0 Å². The lowest BCUT2D eigenvalue weighted by atomic mass is 9.52. The van der Waals surface area contributed by atoms with Crippen molar-refractivity contribution < 1.29 is 20.1 Å². The molecule has 1 saturated carbocycles. The normalized spacial score (nSPS) is 43.0. The number of phenolic OH excluding ortho intramolecular Hbond substituents is 1. The van der Waals surface area contributed by atoms with Crippen molar-refractivity contribution in [2.75, 3.05) is 6.54 Å². The number of aliphatic hydroxyl groups is 2. The second-order valence-corrected chi connectivity index (χ2v) is 7.07. The minimum absolute atomic E-state index is 0.0881. The predicted molar refractivity (Wildman–Crippen MR) is 81.2 cm³/mol. The first kappa shape index (κ1) is 14.3. The Kier molecular flexibility index (Phi) is 2.84. The van der Waals surface area contributed by atoms with Gasteiger partial charge in [0.1, 0.15) is 6.10 Å². The molecule has 3 aliphatic rings. The van der Waals surface area contributed by atoms with E-state index < -0.39 is 23.2 Å². The van der Waals surface area contributed by atoms with Gasteiger partial charge in [-0.3, -0.25) is 0 Å². The lowest BCUT2D eigenvalue weighted by Crippen LogP contribution is -2.74. The van der Waals surface area contributed by atoms with Crippen LogP contribution in [0.3, 0.4) is 0 Å². The molecule has 4 rings (SSSR count). The van der Waals surface area contributed by atoms with Crippen LogP contribution in [0.25, 0.3) is 0 Å². The number of phenols is 1. The van der Waals surface area contributed by atoms with Crippen molar-refractivity contribution in [2.45, 2.75) is 62.4 Å². The molecular weight excluding hydrogens is 282 g/mol. The maximum atomic E-state index is 11.6. The number of aryl methyl sites for hydroxylation is 1. The summed E-state index contributed by atoms with van der Waals surface area (Å²) in [5.74, 6) is 0.531. The van der Waals surface area contributed by atoms with E-state index in [1.54, 1.807) is 6.07 Å². The Morgan fingerprint density at radius 3 is 2.86 bits per heavy atom. The van der Waals surface area contributed by atoms with Gasteiger partial charge in [0, 0.05) is 11.6 Å². The van der Waals surface area contributed by atoms with E-state index in [0.717, 1.165) is 17.7 Å². The minimum Gasteiger partial charge on any atom is -0.504 e. The van der Waals surface area contributed by atoms with E-state index in [9.17, 15) is 15.3 Å². The summed E-state index contributed by atoms with van der Waals surface area (Å²) in [7, 11) is 0. The fourth-order valence-electron chi connectivity index (χ4n) is 5.07. The molecule has 1 aromatic carbocycles. The smallest absolute Gasteiger partial charge is 0.165 e. The Morgan fingerprint density at radius 1 is 1.32 bits per heavy atom. The molecule has 5 atom stereocenters. The Balaban J connectivity index is 2.02. The summed E-state index contributed by atoms with van der Waals surface area (Å²) < 4.78 is 6.02. The number of aromatic hydroxyl groups is 1. The standard InChI is InChI=1S/C17H23NO4/c1-9-3-4-11(19)14-13(9)16-7-8-18-10(2)17(16,21)6-5-12(20)15(16)22-14/h3-4,10,12,15,18-21H,5-8H2,1-2H3/t10-,12+,15+,16+,17-/m1/s1. The number of benzene rings is 1. The van der Waals surface area contributed by atoms with Crippen molar-refractivity contribution in [2.24, 2.45) is 0 Å². The monoisotopic (exact) mass is 305 g/mol. The highest BCUT2D eigenvalue weighted by Gasteiger charge is 2.69. The molecule has 0 radical (unpaired) electrons. The molecule has 2 fully saturated rings. The van der Waals surface area contributed by atoms with Gasteiger partial charge in [0.05, 0.1) is 17.1 Å². The number of nitrogens with one attached hydrogen (secondary N) is 1. The largest absolute Gasteiger partial charge is 0.504 e. The molecule has 2 heterocycles. The number of ether oxygens (including phenoxy) is 1. The zero-order valence-corrected chi connectivity index (χ0v) is 13.0. The van der Waals surface area contributed by atoms with E-state index in [2.05, 4.69) is 5.32 Å². The van der Waals surface area contributed by atoms with Crippen LogP contribution in [-0.2, 0) is 5.41 Å². The Labute approximate surface area is 129 Å². The molecule has 1 spiro atoms. The summed E-state index contributed by atoms with van der Waals surface area (Å²) in [6.45, 7) is 4.73. The SMILES string of the molecule is Cc1ccc(O)c2c1[C@]13CCN[C@H](C)[C@]1(O)CC[C@H](O)[C@@H]3O2. The summed E-state index contributed by atoms with van der Waals surface area (Å²) in [5, 5.41) is 35.7. The number of rotatable bonds is 0. The molecule has 4 N–H and O–H groups in total. The van der Waals surface area contributed by atoms with Gasteiger partial charge in [-0.1, -0.05) is 6.07 Å². The second kappa shape index (κ2) is 4.37. The maximum absolute atomic E-state index is 11.6. The fraction of sp³-hybridized carbons (Fsp3) is 0.647. The molecule has 22 heavy (non-hydrogen) atoms. The average molecular weight is 305 g/mol. The van der Waals surface area contributed by atoms with Crippen LogP contribution in [0, 0.1) is 6.92 Å². The highest BCUT2D eigenvalue weighted by molar-refractivity contribution is 5.60. The molecule has 2 aliphatic heterocycles. The van der Waals surface area contributed by atoms with Gasteiger partial charge in [0.25, 0.3) is 0 Å². The van der Waals surface area contributed by atoms with Crippen LogP contribution in [0.1, 0.15) is 37.3 Å². The van der Waals surface area contributed by atoms with Crippen molar-refractivity contribution in [1.82, 2.24) is 5.32 Å². The van der Waals surface area contributed by atoms with Crippen LogP contribution in [0.5, 0.6) is 11.5 Å². The van der Waals surface area contributed by atoms with Crippen LogP contribution in [0.4, 0.5) is 0 Å². The number of piperidine rings is 1. The summed E-state index contributed by atoms with van der Waals surface area (Å²) in [6.07, 6.45) is 0.585. The minimum atomic E-state index is -0.987. The van der Waals surface area contributed by atoms with Crippen molar-refractivity contribution in [1.29, 1.82) is 0 Å². The molecule has 1 aliphatic carbocycles. The number of aliphatic hydroxyl groups excluding tert-OH is 1.